The summed E-state index contributed by atoms with van der Waals surface area (Å²) in [5, 5.41) is 8.77. The average molecular weight is 343 g/mol. The van der Waals surface area contributed by atoms with Gasteiger partial charge in [0.1, 0.15) is 5.71 Å². The average Bonchev–Trinajstić information content (AvgIpc) is 2.44. The van der Waals surface area contributed by atoms with Gasteiger partial charge in [0.15, 0.2) is 0 Å². The van der Waals surface area contributed by atoms with E-state index in [4.69, 9.17) is 0 Å². The number of nitrogens with zero attached hydrogens (tertiary/aromatic N) is 2. The summed E-state index contributed by atoms with van der Waals surface area (Å²) in [4.78, 5) is 24.9. The number of anilines is 1. The molecule has 0 atom stereocenters. The summed E-state index contributed by atoms with van der Waals surface area (Å²) < 4.78 is 0. The van der Waals surface area contributed by atoms with Crippen molar-refractivity contribution in [3.63, 3.8) is 0 Å². The second-order valence-electron chi connectivity index (χ2n) is 8.67. The van der Waals surface area contributed by atoms with Crippen molar-refractivity contribution in [1.29, 1.82) is 0 Å². The van der Waals surface area contributed by atoms with Crippen LogP contribution in [0.4, 0.5) is 5.69 Å². The van der Waals surface area contributed by atoms with Gasteiger partial charge < -0.3 is 5.32 Å². The van der Waals surface area contributed by atoms with Crippen molar-refractivity contribution in [2.45, 2.75) is 66.3 Å². The molecule has 0 aliphatic carbocycles. The van der Waals surface area contributed by atoms with Crippen LogP contribution in [0, 0.1) is 12.3 Å². The highest BCUT2D eigenvalue weighted by Crippen LogP contribution is 2.27. The first-order chi connectivity index (χ1) is 11.5. The van der Waals surface area contributed by atoms with Gasteiger partial charge in [0, 0.05) is 18.4 Å². The first kappa shape index (κ1) is 19.2. The summed E-state index contributed by atoms with van der Waals surface area (Å²) in [6.07, 6.45) is 1.51. The van der Waals surface area contributed by atoms with E-state index in [2.05, 4.69) is 31.2 Å². The van der Waals surface area contributed by atoms with Crippen LogP contribution in [0.15, 0.2) is 29.4 Å². The van der Waals surface area contributed by atoms with Crippen molar-refractivity contribution in [3.05, 3.63) is 29.8 Å². The Hall–Kier alpha value is -2.17. The first-order valence-electron chi connectivity index (χ1n) is 8.76. The van der Waals surface area contributed by atoms with Gasteiger partial charge in [-0.25, -0.2) is 5.01 Å². The van der Waals surface area contributed by atoms with Crippen molar-refractivity contribution in [3.8, 4) is 0 Å². The third kappa shape index (κ3) is 5.41. The predicted octanol–water partition coefficient (Wildman–Crippen LogP) is 3.81. The smallest absolute Gasteiger partial charge is 0.267 e. The van der Waals surface area contributed by atoms with Crippen LogP contribution >= 0.6 is 0 Å². The lowest BCUT2D eigenvalue weighted by molar-refractivity contribution is -0.119. The number of aryl methyl sites for hydroxylation is 1. The zero-order chi connectivity index (χ0) is 18.8. The molecule has 0 spiro atoms. The molecule has 1 aliphatic heterocycles. The molecule has 0 saturated carbocycles. The van der Waals surface area contributed by atoms with Gasteiger partial charge in [-0.2, -0.15) is 5.10 Å². The van der Waals surface area contributed by atoms with E-state index in [1.807, 2.05) is 45.0 Å². The van der Waals surface area contributed by atoms with E-state index < -0.39 is 0 Å². The number of rotatable bonds is 4. The molecule has 0 aromatic heterocycles. The van der Waals surface area contributed by atoms with E-state index in [9.17, 15) is 9.59 Å². The van der Waals surface area contributed by atoms with Crippen LogP contribution in [0.2, 0.25) is 0 Å². The maximum absolute atomic E-state index is 12.7. The van der Waals surface area contributed by atoms with E-state index in [0.29, 0.717) is 24.2 Å². The van der Waals surface area contributed by atoms with Crippen LogP contribution in [0.3, 0.4) is 0 Å². The molecule has 0 fully saturated rings. The lowest BCUT2D eigenvalue weighted by atomic mass is 9.81. The Morgan fingerprint density at radius 2 is 1.88 bits per heavy atom. The van der Waals surface area contributed by atoms with E-state index in [0.717, 1.165) is 12.0 Å². The molecule has 2 rings (SSSR count). The largest absolute Gasteiger partial charge is 0.346 e. The summed E-state index contributed by atoms with van der Waals surface area (Å²) in [7, 11) is 0. The number of benzene rings is 1. The minimum Gasteiger partial charge on any atom is -0.346 e. The van der Waals surface area contributed by atoms with Crippen molar-refractivity contribution < 1.29 is 9.59 Å². The summed E-state index contributed by atoms with van der Waals surface area (Å²) >= 11 is 0. The van der Waals surface area contributed by atoms with Crippen molar-refractivity contribution in [2.75, 3.05) is 5.01 Å². The molecule has 1 aromatic carbocycles. The lowest BCUT2D eigenvalue weighted by Gasteiger charge is -2.34. The van der Waals surface area contributed by atoms with E-state index in [-0.39, 0.29) is 22.8 Å². The van der Waals surface area contributed by atoms with E-state index in [1.165, 1.54) is 5.01 Å². The number of carbonyl (C=O) groups is 2. The van der Waals surface area contributed by atoms with Gasteiger partial charge in [-0.05, 0) is 50.3 Å². The van der Waals surface area contributed by atoms with E-state index in [1.54, 1.807) is 0 Å². The Morgan fingerprint density at radius 3 is 2.48 bits per heavy atom. The van der Waals surface area contributed by atoms with Gasteiger partial charge in [-0.3, -0.25) is 9.59 Å². The minimum absolute atomic E-state index is 0.0869. The van der Waals surface area contributed by atoms with Gasteiger partial charge >= 0.3 is 0 Å². The number of hydrogen-bond acceptors (Lipinski definition) is 3. The van der Waals surface area contributed by atoms with Crippen LogP contribution in [0.5, 0.6) is 0 Å². The molecule has 0 unspecified atom stereocenters. The highest BCUT2D eigenvalue weighted by Gasteiger charge is 2.31. The predicted molar refractivity (Wildman–Crippen MR) is 102 cm³/mol. The minimum atomic E-state index is -0.340. The van der Waals surface area contributed by atoms with Gasteiger partial charge in [0.2, 0.25) is 5.91 Å². The quantitative estimate of drug-likeness (QED) is 0.903. The van der Waals surface area contributed by atoms with Crippen molar-refractivity contribution in [1.82, 2.24) is 5.32 Å². The lowest BCUT2D eigenvalue weighted by Crippen LogP contribution is -2.49. The Balaban J connectivity index is 2.19. The van der Waals surface area contributed by atoms with Gasteiger partial charge in [-0.1, -0.05) is 32.9 Å². The highest BCUT2D eigenvalue weighted by atomic mass is 16.2. The monoisotopic (exact) mass is 343 g/mol. The highest BCUT2D eigenvalue weighted by molar-refractivity contribution is 6.40. The van der Waals surface area contributed by atoms with Crippen LogP contribution in [0.25, 0.3) is 0 Å². The summed E-state index contributed by atoms with van der Waals surface area (Å²) in [5.74, 6) is -0.282. The van der Waals surface area contributed by atoms with Crippen LogP contribution in [-0.2, 0) is 9.59 Å². The molecule has 1 aromatic rings. The Bertz CT molecular complexity index is 699. The molecule has 1 heterocycles. The Labute approximate surface area is 150 Å². The maximum atomic E-state index is 12.7. The van der Waals surface area contributed by atoms with Crippen LogP contribution in [0.1, 0.15) is 59.4 Å². The van der Waals surface area contributed by atoms with Gasteiger partial charge in [0.25, 0.3) is 5.91 Å². The van der Waals surface area contributed by atoms with Crippen molar-refractivity contribution in [2.24, 2.45) is 10.5 Å². The fourth-order valence-electron chi connectivity index (χ4n) is 3.43. The first-order valence-corrected chi connectivity index (χ1v) is 8.76. The normalized spacial score (nSPS) is 15.8. The molecule has 0 saturated heterocycles. The molecule has 5 nitrogen and oxygen atoms in total. The third-order valence-electron chi connectivity index (χ3n) is 3.97. The fourth-order valence-corrected chi connectivity index (χ4v) is 3.43. The molecular formula is C20H29N3O2. The van der Waals surface area contributed by atoms with Gasteiger partial charge in [0.05, 0.1) is 5.69 Å². The number of hydrogen-bond donors (Lipinski definition) is 1. The number of nitrogens with one attached hydrogen (secondary N) is 1. The Morgan fingerprint density at radius 1 is 1.20 bits per heavy atom. The zero-order valence-electron chi connectivity index (χ0n) is 16.1. The molecular weight excluding hydrogens is 314 g/mol. The Kier molecular flexibility index (Phi) is 5.35. The molecule has 1 aliphatic rings. The molecule has 136 valence electrons. The second-order valence-corrected chi connectivity index (χ2v) is 8.67. The zero-order valence-corrected chi connectivity index (χ0v) is 16.1. The summed E-state index contributed by atoms with van der Waals surface area (Å²) in [5.41, 5.74) is 1.91. The second kappa shape index (κ2) is 6.98. The topological polar surface area (TPSA) is 61.8 Å². The maximum Gasteiger partial charge on any atom is 0.267 e. The van der Waals surface area contributed by atoms with Crippen LogP contribution < -0.4 is 10.3 Å². The fraction of sp³-hybridized carbons (Fsp3) is 0.550. The number of hydrazone groups is 1. The molecule has 2 amide bonds. The van der Waals surface area contributed by atoms with Gasteiger partial charge in [-0.15, -0.1) is 0 Å². The SMILES string of the molecule is Cc1cccc(N2N=C(C(=O)NC(C)(C)CC(C)(C)C)CCC2=O)c1. The standard InChI is InChI=1S/C20H29N3O2/c1-14-8-7-9-15(12-14)23-17(24)11-10-16(22-23)18(25)21-20(5,6)13-19(2,3)4/h7-9,12H,10-11,13H2,1-6H3,(H,21,25). The number of amides is 2. The van der Waals surface area contributed by atoms with Crippen LogP contribution in [-0.4, -0.2) is 23.1 Å². The summed E-state index contributed by atoms with van der Waals surface area (Å²) in [6.45, 7) is 12.4. The van der Waals surface area contributed by atoms with E-state index >= 15 is 0 Å². The molecule has 1 N–H and O–H groups in total. The summed E-state index contributed by atoms with van der Waals surface area (Å²) in [6, 6.07) is 7.57. The van der Waals surface area contributed by atoms with Crippen molar-refractivity contribution >= 4 is 23.2 Å². The molecule has 0 bridgehead atoms. The molecule has 5 heteroatoms. The molecule has 0 radical (unpaired) electrons. The molecule has 25 heavy (non-hydrogen) atoms. The number of carbonyl (C=O) groups excluding carboxylic acids is 2. The third-order valence-corrected chi connectivity index (χ3v) is 3.97.